The first-order valence-electron chi connectivity index (χ1n) is 5.25. The molecule has 0 radical (unpaired) electrons. The fourth-order valence-electron chi connectivity index (χ4n) is 1.19. The summed E-state index contributed by atoms with van der Waals surface area (Å²) in [4.78, 5) is 8.41. The molecular formula is C11H20N4O. The maximum atomic E-state index is 5.77. The molecule has 0 bridgehead atoms. The molecule has 0 fully saturated rings. The molecule has 0 aromatic carbocycles. The Labute approximate surface area is 96.4 Å². The van der Waals surface area contributed by atoms with Crippen LogP contribution in [0.2, 0.25) is 0 Å². The van der Waals surface area contributed by atoms with Gasteiger partial charge in [0, 0.05) is 19.2 Å². The zero-order chi connectivity index (χ0) is 12.3. The summed E-state index contributed by atoms with van der Waals surface area (Å²) in [5.74, 6) is 1.96. The predicted molar refractivity (Wildman–Crippen MR) is 65.5 cm³/mol. The van der Waals surface area contributed by atoms with Crippen LogP contribution in [0.3, 0.4) is 0 Å². The highest BCUT2D eigenvalue weighted by atomic mass is 16.5. The number of ether oxygens (including phenoxy) is 1. The lowest BCUT2D eigenvalue weighted by atomic mass is 10.1. The van der Waals surface area contributed by atoms with Gasteiger partial charge in [0.05, 0.1) is 5.60 Å². The van der Waals surface area contributed by atoms with Crippen LogP contribution in [-0.4, -0.2) is 29.2 Å². The molecule has 5 heteroatoms. The van der Waals surface area contributed by atoms with Gasteiger partial charge in [-0.15, -0.1) is 0 Å². The average Bonchev–Trinajstić information content (AvgIpc) is 2.21. The highest BCUT2D eigenvalue weighted by Gasteiger charge is 2.17. The van der Waals surface area contributed by atoms with Gasteiger partial charge in [0.2, 0.25) is 0 Å². The molecule has 5 nitrogen and oxygen atoms in total. The minimum atomic E-state index is -0.236. The Morgan fingerprint density at radius 1 is 1.31 bits per heavy atom. The Bertz CT molecular complexity index is 376. The second-order valence-corrected chi connectivity index (χ2v) is 4.45. The van der Waals surface area contributed by atoms with Crippen molar-refractivity contribution in [2.24, 2.45) is 0 Å². The Kier molecular flexibility index (Phi) is 3.70. The summed E-state index contributed by atoms with van der Waals surface area (Å²) in [5, 5.41) is 3.23. The number of nitrogen functional groups attached to an aromatic ring is 1. The van der Waals surface area contributed by atoms with E-state index in [0.717, 1.165) is 11.4 Å². The fraction of sp³-hybridized carbons (Fsp3) is 0.636. The topological polar surface area (TPSA) is 73.1 Å². The van der Waals surface area contributed by atoms with E-state index in [1.807, 2.05) is 27.7 Å². The number of rotatable bonds is 4. The fourth-order valence-corrected chi connectivity index (χ4v) is 1.19. The van der Waals surface area contributed by atoms with E-state index in [1.54, 1.807) is 7.11 Å². The van der Waals surface area contributed by atoms with E-state index in [4.69, 9.17) is 10.5 Å². The second kappa shape index (κ2) is 4.65. The van der Waals surface area contributed by atoms with Crippen molar-refractivity contribution in [2.75, 3.05) is 24.7 Å². The molecule has 1 heterocycles. The van der Waals surface area contributed by atoms with Crippen molar-refractivity contribution in [3.8, 4) is 0 Å². The van der Waals surface area contributed by atoms with Gasteiger partial charge in [0.1, 0.15) is 17.5 Å². The monoisotopic (exact) mass is 224 g/mol. The molecule has 16 heavy (non-hydrogen) atoms. The Hall–Kier alpha value is -1.36. The van der Waals surface area contributed by atoms with Gasteiger partial charge in [-0.2, -0.15) is 0 Å². The summed E-state index contributed by atoms with van der Waals surface area (Å²) in [7, 11) is 1.69. The Balaban J connectivity index is 2.82. The molecule has 0 aliphatic carbocycles. The summed E-state index contributed by atoms with van der Waals surface area (Å²) >= 11 is 0. The SMILES string of the molecule is COC(C)(C)CNc1nc(C)nc(N)c1C. The van der Waals surface area contributed by atoms with Crippen molar-refractivity contribution in [3.63, 3.8) is 0 Å². The van der Waals surface area contributed by atoms with Gasteiger partial charge >= 0.3 is 0 Å². The van der Waals surface area contributed by atoms with Crippen molar-refractivity contribution in [1.29, 1.82) is 0 Å². The average molecular weight is 224 g/mol. The highest BCUT2D eigenvalue weighted by molar-refractivity contribution is 5.54. The first kappa shape index (κ1) is 12.7. The molecule has 0 spiro atoms. The number of aromatic nitrogens is 2. The molecule has 0 saturated carbocycles. The van der Waals surface area contributed by atoms with Crippen LogP contribution in [0.1, 0.15) is 25.2 Å². The van der Waals surface area contributed by atoms with E-state index in [2.05, 4.69) is 15.3 Å². The number of anilines is 2. The zero-order valence-corrected chi connectivity index (χ0v) is 10.6. The van der Waals surface area contributed by atoms with Gasteiger partial charge in [-0.1, -0.05) is 0 Å². The van der Waals surface area contributed by atoms with E-state index in [9.17, 15) is 0 Å². The van der Waals surface area contributed by atoms with Crippen LogP contribution in [0.15, 0.2) is 0 Å². The van der Waals surface area contributed by atoms with Crippen LogP contribution in [0.25, 0.3) is 0 Å². The van der Waals surface area contributed by atoms with E-state index in [0.29, 0.717) is 18.2 Å². The van der Waals surface area contributed by atoms with Gasteiger partial charge in [0.25, 0.3) is 0 Å². The maximum absolute atomic E-state index is 5.77. The molecule has 3 N–H and O–H groups in total. The first-order chi connectivity index (χ1) is 7.35. The van der Waals surface area contributed by atoms with Crippen LogP contribution in [0.5, 0.6) is 0 Å². The summed E-state index contributed by atoms with van der Waals surface area (Å²) < 4.78 is 5.32. The number of hydrogen-bond acceptors (Lipinski definition) is 5. The van der Waals surface area contributed by atoms with E-state index < -0.39 is 0 Å². The number of methoxy groups -OCH3 is 1. The highest BCUT2D eigenvalue weighted by Crippen LogP contribution is 2.18. The van der Waals surface area contributed by atoms with Crippen LogP contribution in [0, 0.1) is 13.8 Å². The van der Waals surface area contributed by atoms with Crippen LogP contribution < -0.4 is 11.1 Å². The minimum absolute atomic E-state index is 0.236. The van der Waals surface area contributed by atoms with Gasteiger partial charge in [-0.3, -0.25) is 0 Å². The lowest BCUT2D eigenvalue weighted by Crippen LogP contribution is -2.32. The molecule has 1 aromatic heterocycles. The van der Waals surface area contributed by atoms with Crippen molar-refractivity contribution in [2.45, 2.75) is 33.3 Å². The summed E-state index contributed by atoms with van der Waals surface area (Å²) in [6.45, 7) is 8.40. The second-order valence-electron chi connectivity index (χ2n) is 4.45. The number of hydrogen-bond donors (Lipinski definition) is 2. The molecule has 90 valence electrons. The van der Waals surface area contributed by atoms with Crippen molar-refractivity contribution >= 4 is 11.6 Å². The molecule has 1 rings (SSSR count). The smallest absolute Gasteiger partial charge is 0.134 e. The molecular weight excluding hydrogens is 204 g/mol. The van der Waals surface area contributed by atoms with Crippen LogP contribution in [-0.2, 0) is 4.74 Å². The molecule has 0 amide bonds. The summed E-state index contributed by atoms with van der Waals surface area (Å²) in [5.41, 5.74) is 6.41. The molecule has 0 unspecified atom stereocenters. The third-order valence-corrected chi connectivity index (χ3v) is 2.53. The third kappa shape index (κ3) is 3.06. The van der Waals surface area contributed by atoms with E-state index in [1.165, 1.54) is 0 Å². The Morgan fingerprint density at radius 3 is 2.50 bits per heavy atom. The van der Waals surface area contributed by atoms with Gasteiger partial charge in [-0.25, -0.2) is 9.97 Å². The largest absolute Gasteiger partial charge is 0.383 e. The third-order valence-electron chi connectivity index (χ3n) is 2.53. The lowest BCUT2D eigenvalue weighted by molar-refractivity contribution is 0.0343. The summed E-state index contributed by atoms with van der Waals surface area (Å²) in [6.07, 6.45) is 0. The maximum Gasteiger partial charge on any atom is 0.134 e. The predicted octanol–water partition coefficient (Wildman–Crippen LogP) is 1.51. The molecule has 0 saturated heterocycles. The van der Waals surface area contributed by atoms with Crippen LogP contribution in [0.4, 0.5) is 11.6 Å². The van der Waals surface area contributed by atoms with Crippen molar-refractivity contribution in [1.82, 2.24) is 9.97 Å². The minimum Gasteiger partial charge on any atom is -0.383 e. The Morgan fingerprint density at radius 2 is 1.94 bits per heavy atom. The van der Waals surface area contributed by atoms with Gasteiger partial charge in [-0.05, 0) is 27.7 Å². The molecule has 0 atom stereocenters. The number of nitrogens with two attached hydrogens (primary N) is 1. The first-order valence-corrected chi connectivity index (χ1v) is 5.25. The standard InChI is InChI=1S/C11H20N4O/c1-7-9(12)14-8(2)15-10(7)13-6-11(3,4)16-5/h6H2,1-5H3,(H3,12,13,14,15). The van der Waals surface area contributed by atoms with Crippen molar-refractivity contribution in [3.05, 3.63) is 11.4 Å². The zero-order valence-electron chi connectivity index (χ0n) is 10.6. The molecule has 1 aromatic rings. The number of aryl methyl sites for hydroxylation is 1. The van der Waals surface area contributed by atoms with E-state index >= 15 is 0 Å². The normalized spacial score (nSPS) is 11.6. The van der Waals surface area contributed by atoms with Crippen molar-refractivity contribution < 1.29 is 4.74 Å². The number of nitrogens with one attached hydrogen (secondary N) is 1. The van der Waals surface area contributed by atoms with Crippen LogP contribution >= 0.6 is 0 Å². The number of nitrogens with zero attached hydrogens (tertiary/aromatic N) is 2. The van der Waals surface area contributed by atoms with E-state index in [-0.39, 0.29) is 5.60 Å². The van der Waals surface area contributed by atoms with Gasteiger partial charge < -0.3 is 15.8 Å². The quantitative estimate of drug-likeness (QED) is 0.811. The molecule has 0 aliphatic heterocycles. The van der Waals surface area contributed by atoms with Gasteiger partial charge in [0.15, 0.2) is 0 Å². The molecule has 0 aliphatic rings. The summed E-state index contributed by atoms with van der Waals surface area (Å²) in [6, 6.07) is 0. The lowest BCUT2D eigenvalue weighted by Gasteiger charge is -2.24.